The highest BCUT2D eigenvalue weighted by Crippen LogP contribution is 2.30. The summed E-state index contributed by atoms with van der Waals surface area (Å²) in [5.41, 5.74) is 0.214. The van der Waals surface area contributed by atoms with Crippen molar-refractivity contribution in [2.24, 2.45) is 7.05 Å². The summed E-state index contributed by atoms with van der Waals surface area (Å²) in [6.45, 7) is 0.371. The van der Waals surface area contributed by atoms with Crippen LogP contribution in [0.2, 0.25) is 0 Å². The first kappa shape index (κ1) is 17.6. The van der Waals surface area contributed by atoms with E-state index in [1.807, 2.05) is 0 Å². The molecule has 0 fully saturated rings. The van der Waals surface area contributed by atoms with Crippen molar-refractivity contribution in [2.75, 3.05) is 0 Å². The second kappa shape index (κ2) is 6.58. The van der Waals surface area contributed by atoms with E-state index in [-0.39, 0.29) is 5.82 Å². The zero-order chi connectivity index (χ0) is 18.9. The molecular weight excluding hydrogens is 353 g/mol. The molecule has 0 saturated heterocycles. The summed E-state index contributed by atoms with van der Waals surface area (Å²) in [7, 11) is 1.55. The van der Waals surface area contributed by atoms with Crippen LogP contribution in [-0.4, -0.2) is 29.5 Å². The molecule has 0 spiro atoms. The van der Waals surface area contributed by atoms with Crippen molar-refractivity contribution >= 4 is 5.82 Å². The minimum Gasteiger partial charge on any atom is -0.358 e. The summed E-state index contributed by atoms with van der Waals surface area (Å²) in [4.78, 5) is 14.3. The number of benzene rings is 1. The van der Waals surface area contributed by atoms with Gasteiger partial charge in [-0.3, -0.25) is 4.68 Å². The number of aryl methyl sites for hydroxylation is 2. The molecule has 2 heterocycles. The first-order valence-corrected chi connectivity index (χ1v) is 7.48. The Bertz CT molecular complexity index is 930. The molecule has 3 aromatic rings. The predicted molar refractivity (Wildman–Crippen MR) is 84.0 cm³/mol. The van der Waals surface area contributed by atoms with Gasteiger partial charge < -0.3 is 10.1 Å². The fraction of sp³-hybridized carbons (Fsp3) is 0.267. The van der Waals surface area contributed by atoms with E-state index in [4.69, 9.17) is 0 Å². The predicted octanol–water partition coefficient (Wildman–Crippen LogP) is 2.85. The maximum absolute atomic E-state index is 12.6. The largest absolute Gasteiger partial charge is 0.416 e. The lowest BCUT2D eigenvalue weighted by atomic mass is 10.1. The summed E-state index contributed by atoms with van der Waals surface area (Å²) in [5, 5.41) is 18.7. The average molecular weight is 366 g/mol. The fourth-order valence-electron chi connectivity index (χ4n) is 2.42. The van der Waals surface area contributed by atoms with Gasteiger partial charge in [0.25, 0.3) is 0 Å². The molecule has 136 valence electrons. The molecule has 0 aliphatic rings. The molecule has 2 aromatic heterocycles. The molecule has 0 saturated carbocycles. The first-order valence-electron chi connectivity index (χ1n) is 7.48. The number of hydrogen-bond acceptors (Lipinski definition) is 5. The summed E-state index contributed by atoms with van der Waals surface area (Å²) < 4.78 is 40.7. The standard InChI is InChI=1S/C15H13F3N6O2/c1-22-13(19-8-14(22)24(25)26)6-7-23-9-12(20-21-23)10-2-4-11(5-3-10)15(16,17)18/h2-5,8-9H,6-7H2,1H3. The van der Waals surface area contributed by atoms with Gasteiger partial charge in [0.1, 0.15) is 11.9 Å². The maximum Gasteiger partial charge on any atom is 0.416 e. The molecular formula is C15H13F3N6O2. The van der Waals surface area contributed by atoms with Crippen molar-refractivity contribution in [3.05, 3.63) is 58.2 Å². The van der Waals surface area contributed by atoms with Gasteiger partial charge in [-0.1, -0.05) is 17.3 Å². The van der Waals surface area contributed by atoms with Crippen LogP contribution in [0.4, 0.5) is 19.0 Å². The summed E-state index contributed by atoms with van der Waals surface area (Å²) >= 11 is 0. The number of rotatable bonds is 5. The number of nitrogens with zero attached hydrogens (tertiary/aromatic N) is 6. The van der Waals surface area contributed by atoms with Crippen molar-refractivity contribution in [2.45, 2.75) is 19.1 Å². The van der Waals surface area contributed by atoms with E-state index in [1.165, 1.54) is 27.6 Å². The van der Waals surface area contributed by atoms with Crippen molar-refractivity contribution in [3.63, 3.8) is 0 Å². The maximum atomic E-state index is 12.6. The zero-order valence-corrected chi connectivity index (χ0v) is 13.5. The van der Waals surface area contributed by atoms with Gasteiger partial charge in [0.05, 0.1) is 25.4 Å². The highest BCUT2D eigenvalue weighted by molar-refractivity contribution is 5.58. The molecule has 1 aromatic carbocycles. The topological polar surface area (TPSA) is 91.7 Å². The second-order valence-corrected chi connectivity index (χ2v) is 5.54. The Morgan fingerprint density at radius 1 is 1.23 bits per heavy atom. The number of halogens is 3. The Morgan fingerprint density at radius 2 is 1.92 bits per heavy atom. The molecule has 8 nitrogen and oxygen atoms in total. The Labute approximate surface area is 145 Å². The lowest BCUT2D eigenvalue weighted by Gasteiger charge is -2.06. The van der Waals surface area contributed by atoms with Crippen molar-refractivity contribution in [3.8, 4) is 11.3 Å². The minimum atomic E-state index is -4.39. The molecule has 3 rings (SSSR count). The Morgan fingerprint density at radius 3 is 2.50 bits per heavy atom. The monoisotopic (exact) mass is 366 g/mol. The minimum absolute atomic E-state index is 0.107. The lowest BCUT2D eigenvalue weighted by Crippen LogP contribution is -2.07. The van der Waals surface area contributed by atoms with Crippen LogP contribution in [0.1, 0.15) is 11.4 Å². The number of hydrogen-bond donors (Lipinski definition) is 0. The molecule has 0 amide bonds. The molecule has 26 heavy (non-hydrogen) atoms. The van der Waals surface area contributed by atoms with Crippen LogP contribution >= 0.6 is 0 Å². The van der Waals surface area contributed by atoms with E-state index >= 15 is 0 Å². The lowest BCUT2D eigenvalue weighted by molar-refractivity contribution is -0.391. The summed E-state index contributed by atoms with van der Waals surface area (Å²) in [6, 6.07) is 4.64. The number of aromatic nitrogens is 5. The fourth-order valence-corrected chi connectivity index (χ4v) is 2.42. The second-order valence-electron chi connectivity index (χ2n) is 5.54. The van der Waals surface area contributed by atoms with E-state index in [0.717, 1.165) is 12.1 Å². The third-order valence-corrected chi connectivity index (χ3v) is 3.86. The van der Waals surface area contributed by atoms with Crippen LogP contribution in [0, 0.1) is 10.1 Å². The Hall–Kier alpha value is -3.24. The van der Waals surface area contributed by atoms with E-state index in [1.54, 1.807) is 13.2 Å². The molecule has 0 N–H and O–H groups in total. The van der Waals surface area contributed by atoms with Gasteiger partial charge in [-0.05, 0) is 17.1 Å². The third kappa shape index (κ3) is 3.55. The van der Waals surface area contributed by atoms with Gasteiger partial charge >= 0.3 is 12.0 Å². The molecule has 11 heteroatoms. The zero-order valence-electron chi connectivity index (χ0n) is 13.5. The van der Waals surface area contributed by atoms with Crippen LogP contribution in [0.3, 0.4) is 0 Å². The molecule has 0 bridgehead atoms. The van der Waals surface area contributed by atoms with Gasteiger partial charge in [0.2, 0.25) is 0 Å². The number of imidazole rings is 1. The Balaban J connectivity index is 1.69. The first-order chi connectivity index (χ1) is 12.3. The van der Waals surface area contributed by atoms with Crippen molar-refractivity contribution in [1.82, 2.24) is 24.5 Å². The Kier molecular flexibility index (Phi) is 4.45. The van der Waals surface area contributed by atoms with E-state index in [9.17, 15) is 23.3 Å². The van der Waals surface area contributed by atoms with E-state index in [0.29, 0.717) is 30.0 Å². The van der Waals surface area contributed by atoms with Crippen molar-refractivity contribution in [1.29, 1.82) is 0 Å². The van der Waals surface area contributed by atoms with Gasteiger partial charge in [-0.25, -0.2) is 9.55 Å². The van der Waals surface area contributed by atoms with Gasteiger partial charge in [0, 0.05) is 12.0 Å². The normalized spacial score (nSPS) is 11.7. The van der Waals surface area contributed by atoms with Crippen LogP contribution in [0.25, 0.3) is 11.3 Å². The highest BCUT2D eigenvalue weighted by atomic mass is 19.4. The SMILES string of the molecule is Cn1c([N+](=O)[O-])cnc1CCn1cc(-c2ccc(C(F)(F)F)cc2)nn1. The van der Waals surface area contributed by atoms with E-state index in [2.05, 4.69) is 15.3 Å². The average Bonchev–Trinajstić information content (AvgIpc) is 3.19. The molecule has 0 aliphatic heterocycles. The van der Waals surface area contributed by atoms with Crippen molar-refractivity contribution < 1.29 is 18.1 Å². The van der Waals surface area contributed by atoms with Crippen LogP contribution < -0.4 is 0 Å². The molecule has 0 radical (unpaired) electrons. The van der Waals surface area contributed by atoms with Gasteiger partial charge in [0.15, 0.2) is 5.82 Å². The molecule has 0 unspecified atom stereocenters. The molecule has 0 aliphatic carbocycles. The highest BCUT2D eigenvalue weighted by Gasteiger charge is 2.30. The summed E-state index contributed by atoms with van der Waals surface area (Å²) in [6.07, 6.45) is -1.22. The number of alkyl halides is 3. The van der Waals surface area contributed by atoms with E-state index < -0.39 is 16.7 Å². The smallest absolute Gasteiger partial charge is 0.358 e. The third-order valence-electron chi connectivity index (χ3n) is 3.86. The van der Waals surface area contributed by atoms with Gasteiger partial charge in [-0.2, -0.15) is 13.2 Å². The van der Waals surface area contributed by atoms with Crippen LogP contribution in [0.15, 0.2) is 36.7 Å². The van der Waals surface area contributed by atoms with Crippen LogP contribution in [0.5, 0.6) is 0 Å². The van der Waals surface area contributed by atoms with Crippen LogP contribution in [-0.2, 0) is 26.2 Å². The van der Waals surface area contributed by atoms with Gasteiger partial charge in [-0.15, -0.1) is 5.10 Å². The molecule has 0 atom stereocenters. The summed E-state index contributed by atoms with van der Waals surface area (Å²) in [5.74, 6) is 0.410. The number of nitro groups is 1. The quantitative estimate of drug-likeness (QED) is 0.511.